The van der Waals surface area contributed by atoms with Gasteiger partial charge in [-0.3, -0.25) is 4.79 Å². The second-order valence-corrected chi connectivity index (χ2v) is 3.39. The lowest BCUT2D eigenvalue weighted by Gasteiger charge is -2.24. The molecule has 1 rings (SSSR count). The zero-order valence-electron chi connectivity index (χ0n) is 8.39. The molecule has 0 amide bonds. The summed E-state index contributed by atoms with van der Waals surface area (Å²) < 4.78 is 0. The average molecular weight is 206 g/mol. The predicted molar refractivity (Wildman–Crippen MR) is 57.4 cm³/mol. The van der Waals surface area contributed by atoms with Crippen molar-refractivity contribution in [3.05, 3.63) is 48.6 Å². The highest BCUT2D eigenvalue weighted by Crippen LogP contribution is 2.27. The summed E-state index contributed by atoms with van der Waals surface area (Å²) in [5.41, 5.74) is -0.583. The molecule has 1 unspecified atom stereocenters. The van der Waals surface area contributed by atoms with Crippen molar-refractivity contribution in [2.45, 2.75) is 18.4 Å². The van der Waals surface area contributed by atoms with Crippen LogP contribution in [0.1, 0.15) is 18.4 Å². The van der Waals surface area contributed by atoms with Gasteiger partial charge < -0.3 is 10.2 Å². The van der Waals surface area contributed by atoms with Crippen LogP contribution >= 0.6 is 0 Å². The topological polar surface area (TPSA) is 57.5 Å². The number of carbonyl (C=O) groups is 1. The molecule has 1 atom stereocenters. The Morgan fingerprint density at radius 1 is 1.40 bits per heavy atom. The summed E-state index contributed by atoms with van der Waals surface area (Å²) in [5.74, 6) is -0.925. The summed E-state index contributed by atoms with van der Waals surface area (Å²) in [5, 5.41) is 18.7. The van der Waals surface area contributed by atoms with E-state index < -0.39 is 11.6 Å². The van der Waals surface area contributed by atoms with E-state index in [0.29, 0.717) is 5.56 Å². The molecule has 0 aliphatic rings. The van der Waals surface area contributed by atoms with Gasteiger partial charge in [-0.15, -0.1) is 0 Å². The van der Waals surface area contributed by atoms with Gasteiger partial charge in [0.05, 0.1) is 0 Å². The van der Waals surface area contributed by atoms with Crippen molar-refractivity contribution in [1.82, 2.24) is 0 Å². The molecule has 2 N–H and O–H groups in total. The van der Waals surface area contributed by atoms with Gasteiger partial charge in [-0.2, -0.15) is 0 Å². The fourth-order valence-corrected chi connectivity index (χ4v) is 1.39. The van der Waals surface area contributed by atoms with Crippen molar-refractivity contribution in [3.63, 3.8) is 0 Å². The molecule has 0 aliphatic heterocycles. The number of hydrogen-bond donors (Lipinski definition) is 2. The third-order valence-electron chi connectivity index (χ3n) is 2.33. The van der Waals surface area contributed by atoms with Crippen LogP contribution in [0.25, 0.3) is 0 Å². The van der Waals surface area contributed by atoms with E-state index in [4.69, 9.17) is 5.11 Å². The van der Waals surface area contributed by atoms with Gasteiger partial charge in [-0.1, -0.05) is 43.0 Å². The first-order chi connectivity index (χ1) is 7.08. The van der Waals surface area contributed by atoms with Crippen LogP contribution < -0.4 is 0 Å². The molecule has 15 heavy (non-hydrogen) atoms. The smallest absolute Gasteiger partial charge is 0.303 e. The molecule has 0 fully saturated rings. The highest BCUT2D eigenvalue weighted by atomic mass is 16.4. The van der Waals surface area contributed by atoms with Gasteiger partial charge >= 0.3 is 5.97 Å². The second kappa shape index (κ2) is 4.75. The molecule has 0 heterocycles. The first-order valence-corrected chi connectivity index (χ1v) is 4.72. The van der Waals surface area contributed by atoms with Crippen molar-refractivity contribution in [2.24, 2.45) is 0 Å². The Morgan fingerprint density at radius 2 is 2.00 bits per heavy atom. The minimum Gasteiger partial charge on any atom is -0.481 e. The maximum atomic E-state index is 10.4. The zero-order valence-corrected chi connectivity index (χ0v) is 8.39. The molecule has 0 radical (unpaired) electrons. The third kappa shape index (κ3) is 2.92. The molecule has 1 aromatic rings. The number of carboxylic acids is 1. The SMILES string of the molecule is C=CC(O)(CCC(=O)O)c1ccccc1. The van der Waals surface area contributed by atoms with Gasteiger partial charge in [0.25, 0.3) is 0 Å². The van der Waals surface area contributed by atoms with Gasteiger partial charge in [0.1, 0.15) is 5.60 Å². The van der Waals surface area contributed by atoms with Gasteiger partial charge in [-0.05, 0) is 12.0 Å². The number of carboxylic acid groups (broad SMARTS) is 1. The standard InChI is InChI=1S/C12H14O3/c1-2-12(15,9-8-11(13)14)10-6-4-3-5-7-10/h2-7,15H,1,8-9H2,(H,13,14). The van der Waals surface area contributed by atoms with E-state index in [0.717, 1.165) is 0 Å². The van der Waals surface area contributed by atoms with E-state index >= 15 is 0 Å². The summed E-state index contributed by atoms with van der Waals surface area (Å²) >= 11 is 0. The quantitative estimate of drug-likeness (QED) is 0.724. The van der Waals surface area contributed by atoms with Gasteiger partial charge in [0.2, 0.25) is 0 Å². The summed E-state index contributed by atoms with van der Waals surface area (Å²) in [4.78, 5) is 10.4. The molecule has 1 aromatic carbocycles. The van der Waals surface area contributed by atoms with Gasteiger partial charge in [0.15, 0.2) is 0 Å². The summed E-state index contributed by atoms with van der Waals surface area (Å²) in [6, 6.07) is 8.94. The van der Waals surface area contributed by atoms with Crippen LogP contribution in [0.5, 0.6) is 0 Å². The predicted octanol–water partition coefficient (Wildman–Crippen LogP) is 1.93. The van der Waals surface area contributed by atoms with Crippen molar-refractivity contribution in [3.8, 4) is 0 Å². The normalized spacial score (nSPS) is 14.2. The molecular formula is C12H14O3. The van der Waals surface area contributed by atoms with E-state index in [-0.39, 0.29) is 12.8 Å². The minimum absolute atomic E-state index is 0.0859. The number of aliphatic hydroxyl groups is 1. The fourth-order valence-electron chi connectivity index (χ4n) is 1.39. The van der Waals surface area contributed by atoms with Crippen LogP contribution in [0.2, 0.25) is 0 Å². The molecular weight excluding hydrogens is 192 g/mol. The maximum absolute atomic E-state index is 10.4. The lowest BCUT2D eigenvalue weighted by atomic mass is 9.89. The monoisotopic (exact) mass is 206 g/mol. The average Bonchev–Trinajstić information content (AvgIpc) is 2.27. The molecule has 3 heteroatoms. The Kier molecular flexibility index (Phi) is 3.63. The molecule has 0 saturated heterocycles. The Hall–Kier alpha value is -1.61. The van der Waals surface area contributed by atoms with E-state index in [1.807, 2.05) is 6.07 Å². The van der Waals surface area contributed by atoms with Crippen molar-refractivity contribution in [2.75, 3.05) is 0 Å². The highest BCUT2D eigenvalue weighted by molar-refractivity contribution is 5.66. The van der Waals surface area contributed by atoms with Crippen molar-refractivity contribution in [1.29, 1.82) is 0 Å². The molecule has 0 aliphatic carbocycles. The van der Waals surface area contributed by atoms with Crippen LogP contribution in [-0.4, -0.2) is 16.2 Å². The Labute approximate surface area is 88.7 Å². The van der Waals surface area contributed by atoms with Crippen LogP contribution in [0.15, 0.2) is 43.0 Å². The Bertz CT molecular complexity index is 345. The number of rotatable bonds is 5. The largest absolute Gasteiger partial charge is 0.481 e. The molecule has 3 nitrogen and oxygen atoms in total. The Balaban J connectivity index is 2.85. The lowest BCUT2D eigenvalue weighted by molar-refractivity contribution is -0.138. The van der Waals surface area contributed by atoms with Gasteiger partial charge in [0, 0.05) is 6.42 Å². The van der Waals surface area contributed by atoms with Crippen molar-refractivity contribution >= 4 is 5.97 Å². The fraction of sp³-hybridized carbons (Fsp3) is 0.250. The third-order valence-corrected chi connectivity index (χ3v) is 2.33. The number of benzene rings is 1. The van der Waals surface area contributed by atoms with Crippen LogP contribution in [-0.2, 0) is 10.4 Å². The van der Waals surface area contributed by atoms with Crippen molar-refractivity contribution < 1.29 is 15.0 Å². The molecule has 0 bridgehead atoms. The first kappa shape index (κ1) is 11.5. The summed E-state index contributed by atoms with van der Waals surface area (Å²) in [6.45, 7) is 3.54. The molecule has 0 saturated carbocycles. The maximum Gasteiger partial charge on any atom is 0.303 e. The van der Waals surface area contributed by atoms with Crippen LogP contribution in [0, 0.1) is 0 Å². The van der Waals surface area contributed by atoms with E-state index in [2.05, 4.69) is 6.58 Å². The number of hydrogen-bond acceptors (Lipinski definition) is 2. The van der Waals surface area contributed by atoms with Crippen LogP contribution in [0.3, 0.4) is 0 Å². The Morgan fingerprint density at radius 3 is 2.47 bits per heavy atom. The lowest BCUT2D eigenvalue weighted by Crippen LogP contribution is -2.23. The van der Waals surface area contributed by atoms with E-state index in [1.54, 1.807) is 24.3 Å². The molecule has 80 valence electrons. The molecule has 0 aromatic heterocycles. The highest BCUT2D eigenvalue weighted by Gasteiger charge is 2.25. The molecule has 0 spiro atoms. The van der Waals surface area contributed by atoms with Gasteiger partial charge in [-0.25, -0.2) is 0 Å². The van der Waals surface area contributed by atoms with E-state index in [1.165, 1.54) is 6.08 Å². The minimum atomic E-state index is -1.25. The number of aliphatic carboxylic acids is 1. The van der Waals surface area contributed by atoms with Crippen LogP contribution in [0.4, 0.5) is 0 Å². The summed E-state index contributed by atoms with van der Waals surface area (Å²) in [7, 11) is 0. The van der Waals surface area contributed by atoms with E-state index in [9.17, 15) is 9.90 Å². The summed E-state index contributed by atoms with van der Waals surface area (Å²) in [6.07, 6.45) is 1.43. The first-order valence-electron chi connectivity index (χ1n) is 4.72. The zero-order chi connectivity index (χ0) is 11.3. The second-order valence-electron chi connectivity index (χ2n) is 3.39.